The van der Waals surface area contributed by atoms with Gasteiger partial charge in [0.15, 0.2) is 0 Å². The van der Waals surface area contributed by atoms with Crippen molar-refractivity contribution in [1.82, 2.24) is 4.90 Å². The Morgan fingerprint density at radius 1 is 1.56 bits per heavy atom. The van der Waals surface area contributed by atoms with Crippen LogP contribution in [-0.2, 0) is 18.6 Å². The molecule has 0 bridgehead atoms. The third kappa shape index (κ3) is 4.67. The number of likely N-dealkylation sites (tertiary alicyclic amines) is 1. The summed E-state index contributed by atoms with van der Waals surface area (Å²) in [5, 5.41) is 0. The van der Waals surface area contributed by atoms with Gasteiger partial charge in [-0.1, -0.05) is 0 Å². The summed E-state index contributed by atoms with van der Waals surface area (Å²) in [6.45, 7) is 1.70. The Hall–Kier alpha value is -0.330. The van der Waals surface area contributed by atoms with Crippen molar-refractivity contribution in [3.63, 3.8) is 0 Å². The molecule has 0 radical (unpaired) electrons. The van der Waals surface area contributed by atoms with Crippen LogP contribution in [0.2, 0.25) is 0 Å². The molecule has 5 nitrogen and oxygen atoms in total. The molecule has 0 saturated carbocycles. The molecule has 1 heterocycles. The van der Waals surface area contributed by atoms with Crippen LogP contribution < -0.4 is 0 Å². The maximum atomic E-state index is 11.5. The second kappa shape index (κ2) is 5.84. The van der Waals surface area contributed by atoms with Crippen molar-refractivity contribution in [3.8, 4) is 0 Å². The number of hydrogen-bond acceptors (Lipinski definition) is 4. The van der Waals surface area contributed by atoms with E-state index >= 15 is 0 Å². The van der Waals surface area contributed by atoms with E-state index in [4.69, 9.17) is 15.4 Å². The van der Waals surface area contributed by atoms with Crippen molar-refractivity contribution in [3.05, 3.63) is 0 Å². The molecule has 0 N–H and O–H groups in total. The van der Waals surface area contributed by atoms with Crippen molar-refractivity contribution in [2.24, 2.45) is 5.92 Å². The van der Waals surface area contributed by atoms with Crippen molar-refractivity contribution in [2.45, 2.75) is 12.8 Å². The van der Waals surface area contributed by atoms with Gasteiger partial charge in [0.2, 0.25) is 15.0 Å². The Bertz CT molecular complexity index is 343. The smallest absolute Gasteiger partial charge is 0.232 e. The van der Waals surface area contributed by atoms with Gasteiger partial charge in [0.25, 0.3) is 0 Å². The van der Waals surface area contributed by atoms with E-state index in [1.165, 1.54) is 0 Å². The topological polar surface area (TPSA) is 63.7 Å². The molecule has 16 heavy (non-hydrogen) atoms. The molecule has 1 amide bonds. The number of carbonyl (C=O) groups excluding carboxylic acids is 1. The highest BCUT2D eigenvalue weighted by Crippen LogP contribution is 2.20. The van der Waals surface area contributed by atoms with Crippen molar-refractivity contribution in [2.75, 3.05) is 32.6 Å². The average molecular weight is 270 g/mol. The van der Waals surface area contributed by atoms with E-state index in [0.29, 0.717) is 19.7 Å². The predicted octanol–water partition coefficient (Wildman–Crippen LogP) is 0.440. The predicted molar refractivity (Wildman–Crippen MR) is 60.8 cm³/mol. The van der Waals surface area contributed by atoms with E-state index in [2.05, 4.69) is 0 Å². The largest absolute Gasteiger partial charge is 0.385 e. The molecular weight excluding hydrogens is 254 g/mol. The molecule has 1 saturated heterocycles. The zero-order valence-electron chi connectivity index (χ0n) is 9.19. The van der Waals surface area contributed by atoms with E-state index in [-0.39, 0.29) is 24.0 Å². The second-order valence-electron chi connectivity index (χ2n) is 3.96. The first-order chi connectivity index (χ1) is 7.42. The maximum absolute atomic E-state index is 11.5. The lowest BCUT2D eigenvalue weighted by Gasteiger charge is -2.15. The molecule has 0 aliphatic carbocycles. The number of ether oxygens (including phenoxy) is 1. The van der Waals surface area contributed by atoms with Crippen molar-refractivity contribution >= 4 is 25.6 Å². The van der Waals surface area contributed by atoms with Gasteiger partial charge in [-0.25, -0.2) is 8.42 Å². The van der Waals surface area contributed by atoms with Crippen LogP contribution in [0.5, 0.6) is 0 Å². The summed E-state index contributed by atoms with van der Waals surface area (Å²) in [4.78, 5) is 13.2. The van der Waals surface area contributed by atoms with E-state index in [0.717, 1.165) is 6.42 Å². The standard InChI is InChI=1S/C9H16ClNO4S/c1-15-4-2-3-11-6-8(5-9(11)12)7-16(10,13)14/h8H,2-7H2,1H3. The fraction of sp³-hybridized carbons (Fsp3) is 0.889. The third-order valence-corrected chi connectivity index (χ3v) is 3.75. The minimum absolute atomic E-state index is 0.00131. The van der Waals surface area contributed by atoms with Crippen molar-refractivity contribution in [1.29, 1.82) is 0 Å². The third-order valence-electron chi connectivity index (χ3n) is 2.51. The molecule has 7 heteroatoms. The summed E-state index contributed by atoms with van der Waals surface area (Å²) in [5.41, 5.74) is 0. The molecule has 1 rings (SSSR count). The van der Waals surface area contributed by atoms with Crippen LogP contribution in [0.1, 0.15) is 12.8 Å². The van der Waals surface area contributed by atoms with Crippen LogP contribution >= 0.6 is 10.7 Å². The Kier molecular flexibility index (Phi) is 5.01. The van der Waals surface area contributed by atoms with Crippen LogP contribution in [0.3, 0.4) is 0 Å². The molecule has 1 aliphatic heterocycles. The van der Waals surface area contributed by atoms with Gasteiger partial charge in [-0.15, -0.1) is 0 Å². The average Bonchev–Trinajstić information content (AvgIpc) is 2.44. The lowest BCUT2D eigenvalue weighted by molar-refractivity contribution is -0.127. The molecule has 94 valence electrons. The van der Waals surface area contributed by atoms with Gasteiger partial charge in [0, 0.05) is 49.8 Å². The van der Waals surface area contributed by atoms with Gasteiger partial charge in [-0.2, -0.15) is 0 Å². The van der Waals surface area contributed by atoms with Crippen molar-refractivity contribution < 1.29 is 17.9 Å². The molecule has 0 aromatic heterocycles. The van der Waals surface area contributed by atoms with Gasteiger partial charge in [-0.05, 0) is 6.42 Å². The minimum Gasteiger partial charge on any atom is -0.385 e. The van der Waals surface area contributed by atoms with Crippen LogP contribution in [0, 0.1) is 5.92 Å². The Labute approximate surface area is 100 Å². The van der Waals surface area contributed by atoms with Gasteiger partial charge in [-0.3, -0.25) is 4.79 Å². The molecular formula is C9H16ClNO4S. The molecule has 1 fully saturated rings. The van der Waals surface area contributed by atoms with E-state index < -0.39 is 9.05 Å². The zero-order chi connectivity index (χ0) is 12.2. The number of carbonyl (C=O) groups is 1. The quantitative estimate of drug-likeness (QED) is 0.519. The summed E-state index contributed by atoms with van der Waals surface area (Å²) in [6.07, 6.45) is 1.04. The molecule has 1 aliphatic rings. The SMILES string of the molecule is COCCCN1CC(CS(=O)(=O)Cl)CC1=O. The second-order valence-corrected chi connectivity index (χ2v) is 6.78. The first-order valence-electron chi connectivity index (χ1n) is 5.11. The Morgan fingerprint density at radius 2 is 2.25 bits per heavy atom. The van der Waals surface area contributed by atoms with Crippen LogP contribution in [0.15, 0.2) is 0 Å². The summed E-state index contributed by atoms with van der Waals surface area (Å²) in [7, 11) is 3.25. The van der Waals surface area contributed by atoms with Gasteiger partial charge >= 0.3 is 0 Å². The van der Waals surface area contributed by atoms with Crippen LogP contribution in [0.25, 0.3) is 0 Å². The Balaban J connectivity index is 2.38. The van der Waals surface area contributed by atoms with E-state index in [9.17, 15) is 13.2 Å². The lowest BCUT2D eigenvalue weighted by atomic mass is 10.1. The van der Waals surface area contributed by atoms with Gasteiger partial charge < -0.3 is 9.64 Å². The van der Waals surface area contributed by atoms with E-state index in [1.807, 2.05) is 0 Å². The number of amides is 1. The highest BCUT2D eigenvalue weighted by atomic mass is 35.7. The number of halogens is 1. The lowest BCUT2D eigenvalue weighted by Crippen LogP contribution is -2.27. The summed E-state index contributed by atoms with van der Waals surface area (Å²) in [6, 6.07) is 0. The fourth-order valence-electron chi connectivity index (χ4n) is 1.86. The molecule has 0 spiro atoms. The summed E-state index contributed by atoms with van der Waals surface area (Å²) < 4.78 is 26.6. The Morgan fingerprint density at radius 3 is 2.81 bits per heavy atom. The minimum atomic E-state index is -3.51. The molecule has 0 aromatic carbocycles. The fourth-order valence-corrected chi connectivity index (χ4v) is 3.18. The highest BCUT2D eigenvalue weighted by Gasteiger charge is 2.31. The van der Waals surface area contributed by atoms with Crippen LogP contribution in [-0.4, -0.2) is 51.8 Å². The number of hydrogen-bond donors (Lipinski definition) is 0. The maximum Gasteiger partial charge on any atom is 0.232 e. The van der Waals surface area contributed by atoms with Gasteiger partial charge in [0.1, 0.15) is 0 Å². The number of methoxy groups -OCH3 is 1. The first-order valence-corrected chi connectivity index (χ1v) is 7.59. The highest BCUT2D eigenvalue weighted by molar-refractivity contribution is 8.13. The molecule has 1 unspecified atom stereocenters. The first kappa shape index (κ1) is 13.7. The summed E-state index contributed by atoms with van der Waals surface area (Å²) in [5.74, 6) is -0.292. The number of rotatable bonds is 6. The molecule has 0 aromatic rings. The monoisotopic (exact) mass is 269 g/mol. The molecule has 1 atom stereocenters. The number of nitrogens with zero attached hydrogens (tertiary/aromatic N) is 1. The normalized spacial score (nSPS) is 21.8. The van der Waals surface area contributed by atoms with Crippen LogP contribution in [0.4, 0.5) is 0 Å². The zero-order valence-corrected chi connectivity index (χ0v) is 10.8. The van der Waals surface area contributed by atoms with Gasteiger partial charge in [0.05, 0.1) is 5.75 Å². The van der Waals surface area contributed by atoms with E-state index in [1.54, 1.807) is 12.0 Å². The summed E-state index contributed by atoms with van der Waals surface area (Å²) >= 11 is 0.